The van der Waals surface area contributed by atoms with E-state index in [0.717, 1.165) is 11.3 Å². The van der Waals surface area contributed by atoms with Crippen molar-refractivity contribution in [2.45, 2.75) is 4.90 Å². The Morgan fingerprint density at radius 3 is 2.62 bits per heavy atom. The number of non-ortho nitro benzene ring substituents is 1. The third-order valence-electron chi connectivity index (χ3n) is 2.02. The zero-order valence-corrected chi connectivity index (χ0v) is 9.29. The number of rotatable bonds is 2. The van der Waals surface area contributed by atoms with Crippen molar-refractivity contribution in [3.8, 4) is 0 Å². The first-order chi connectivity index (χ1) is 7.41. The summed E-state index contributed by atoms with van der Waals surface area (Å²) in [5, 5.41) is 11.9. The van der Waals surface area contributed by atoms with E-state index in [1.807, 2.05) is 0 Å². The minimum Gasteiger partial charge on any atom is -0.282 e. The van der Waals surface area contributed by atoms with Gasteiger partial charge in [0.25, 0.3) is 15.8 Å². The fourth-order valence-corrected chi connectivity index (χ4v) is 3.39. The van der Waals surface area contributed by atoms with E-state index in [1.54, 1.807) is 6.07 Å². The lowest BCUT2D eigenvalue weighted by Crippen LogP contribution is -1.98. The average Bonchev–Trinajstić information content (AvgIpc) is 2.59. The highest BCUT2D eigenvalue weighted by Gasteiger charge is 2.23. The maximum absolute atomic E-state index is 11.0. The van der Waals surface area contributed by atoms with Gasteiger partial charge in [-0.25, -0.2) is 0 Å². The first kappa shape index (κ1) is 11.0. The van der Waals surface area contributed by atoms with Crippen LogP contribution in [0.3, 0.4) is 0 Å². The molecule has 1 N–H and O–H groups in total. The number of hydrogen-bond acceptors (Lipinski definition) is 5. The number of fused-ring (bicyclic) bond motifs is 1. The average molecular weight is 259 g/mol. The smallest absolute Gasteiger partial charge is 0.282 e. The highest BCUT2D eigenvalue weighted by Crippen LogP contribution is 2.35. The van der Waals surface area contributed by atoms with Crippen molar-refractivity contribution in [3.05, 3.63) is 33.7 Å². The Bertz CT molecular complexity index is 673. The Kier molecular flexibility index (Phi) is 2.41. The molecule has 0 aliphatic heterocycles. The van der Waals surface area contributed by atoms with Crippen LogP contribution in [0.2, 0.25) is 0 Å². The Hall–Kier alpha value is -1.51. The van der Waals surface area contributed by atoms with Crippen LogP contribution in [0.15, 0.2) is 28.5 Å². The van der Waals surface area contributed by atoms with E-state index in [4.69, 9.17) is 4.55 Å². The van der Waals surface area contributed by atoms with Crippen molar-refractivity contribution < 1.29 is 17.9 Å². The molecule has 0 atom stereocenters. The van der Waals surface area contributed by atoms with Gasteiger partial charge in [0, 0.05) is 16.1 Å². The van der Waals surface area contributed by atoms with Crippen LogP contribution in [-0.2, 0) is 10.1 Å². The fraction of sp³-hybridized carbons (Fsp3) is 0. The molecule has 0 spiro atoms. The van der Waals surface area contributed by atoms with Crippen LogP contribution in [0.1, 0.15) is 0 Å². The number of nitro benzene ring substituents is 1. The van der Waals surface area contributed by atoms with Gasteiger partial charge < -0.3 is 0 Å². The summed E-state index contributed by atoms with van der Waals surface area (Å²) >= 11 is 1.03. The molecule has 0 aliphatic carbocycles. The summed E-state index contributed by atoms with van der Waals surface area (Å²) in [6.45, 7) is 0. The third kappa shape index (κ3) is 1.66. The van der Waals surface area contributed by atoms with Gasteiger partial charge >= 0.3 is 0 Å². The van der Waals surface area contributed by atoms with Gasteiger partial charge in [0.15, 0.2) is 0 Å². The van der Waals surface area contributed by atoms with Gasteiger partial charge in [-0.05, 0) is 6.07 Å². The molecule has 1 aromatic heterocycles. The number of nitrogens with zero attached hydrogens (tertiary/aromatic N) is 1. The van der Waals surface area contributed by atoms with Gasteiger partial charge in [0.05, 0.1) is 10.3 Å². The molecule has 8 heteroatoms. The van der Waals surface area contributed by atoms with E-state index in [0.29, 0.717) is 4.70 Å². The monoisotopic (exact) mass is 259 g/mol. The SMILES string of the molecule is O=[N+]([O-])c1cccc2scc(S(=O)(=O)O)c12. The molecule has 16 heavy (non-hydrogen) atoms. The molecule has 0 unspecified atom stereocenters. The summed E-state index contributed by atoms with van der Waals surface area (Å²) in [6, 6.07) is 4.22. The predicted octanol–water partition coefficient (Wildman–Crippen LogP) is 2.06. The highest BCUT2D eigenvalue weighted by molar-refractivity contribution is 7.86. The van der Waals surface area contributed by atoms with Crippen molar-refractivity contribution in [1.82, 2.24) is 0 Å². The molecule has 6 nitrogen and oxygen atoms in total. The number of thiophene rings is 1. The van der Waals surface area contributed by atoms with Crippen molar-refractivity contribution >= 4 is 37.2 Å². The lowest BCUT2D eigenvalue weighted by atomic mass is 10.2. The topological polar surface area (TPSA) is 97.5 Å². The maximum atomic E-state index is 11.0. The van der Waals surface area contributed by atoms with E-state index in [9.17, 15) is 18.5 Å². The second-order valence-electron chi connectivity index (χ2n) is 2.98. The van der Waals surface area contributed by atoms with Crippen molar-refractivity contribution in [2.75, 3.05) is 0 Å². The molecule has 1 aromatic carbocycles. The molecule has 2 rings (SSSR count). The Morgan fingerprint density at radius 2 is 2.06 bits per heavy atom. The van der Waals surface area contributed by atoms with Crippen LogP contribution in [0.5, 0.6) is 0 Å². The Morgan fingerprint density at radius 1 is 1.38 bits per heavy atom. The summed E-state index contributed by atoms with van der Waals surface area (Å²) < 4.78 is 31.4. The van der Waals surface area contributed by atoms with Crippen LogP contribution in [0.4, 0.5) is 5.69 Å². The molecular formula is C8H5NO5S2. The zero-order chi connectivity index (χ0) is 11.9. The zero-order valence-electron chi connectivity index (χ0n) is 7.65. The van der Waals surface area contributed by atoms with Gasteiger partial charge in [-0.15, -0.1) is 11.3 Å². The maximum Gasteiger partial charge on any atom is 0.296 e. The largest absolute Gasteiger partial charge is 0.296 e. The third-order valence-corrected chi connectivity index (χ3v) is 3.99. The predicted molar refractivity (Wildman–Crippen MR) is 58.3 cm³/mol. The van der Waals surface area contributed by atoms with Crippen LogP contribution in [0, 0.1) is 10.1 Å². The van der Waals surface area contributed by atoms with E-state index >= 15 is 0 Å². The molecule has 84 valence electrons. The van der Waals surface area contributed by atoms with Crippen LogP contribution in [-0.4, -0.2) is 17.9 Å². The van der Waals surface area contributed by atoms with Gasteiger partial charge in [-0.1, -0.05) is 6.07 Å². The first-order valence-corrected chi connectivity index (χ1v) is 6.35. The fourth-order valence-electron chi connectivity index (χ4n) is 1.38. The van der Waals surface area contributed by atoms with Gasteiger partial charge in [-0.3, -0.25) is 14.7 Å². The summed E-state index contributed by atoms with van der Waals surface area (Å²) in [5.74, 6) is 0. The van der Waals surface area contributed by atoms with E-state index in [-0.39, 0.29) is 11.1 Å². The second-order valence-corrected chi connectivity index (χ2v) is 5.28. The normalized spacial score (nSPS) is 11.8. The molecule has 0 saturated heterocycles. The van der Waals surface area contributed by atoms with E-state index in [2.05, 4.69) is 0 Å². The molecule has 0 fully saturated rings. The van der Waals surface area contributed by atoms with E-state index < -0.39 is 19.9 Å². The van der Waals surface area contributed by atoms with Crippen LogP contribution < -0.4 is 0 Å². The number of hydrogen-bond donors (Lipinski definition) is 1. The minimum absolute atomic E-state index is 0.0417. The minimum atomic E-state index is -4.44. The molecule has 0 saturated carbocycles. The lowest BCUT2D eigenvalue weighted by molar-refractivity contribution is -0.383. The van der Waals surface area contributed by atoms with E-state index in [1.165, 1.54) is 17.5 Å². The number of nitro groups is 1. The molecule has 1 heterocycles. The second kappa shape index (κ2) is 3.51. The van der Waals surface area contributed by atoms with Crippen molar-refractivity contribution in [3.63, 3.8) is 0 Å². The quantitative estimate of drug-likeness (QED) is 0.505. The molecule has 0 radical (unpaired) electrons. The van der Waals surface area contributed by atoms with Crippen LogP contribution in [0.25, 0.3) is 10.1 Å². The summed E-state index contributed by atoms with van der Waals surface area (Å²) in [7, 11) is -4.44. The lowest BCUT2D eigenvalue weighted by Gasteiger charge is -1.96. The Balaban J connectivity index is 2.94. The highest BCUT2D eigenvalue weighted by atomic mass is 32.2. The standard InChI is InChI=1S/C8H5NO5S2/c10-9(11)5-2-1-3-6-8(5)7(4-15-6)16(12,13)14/h1-4H,(H,12,13,14). The molecular weight excluding hydrogens is 254 g/mol. The molecule has 0 aliphatic rings. The summed E-state index contributed by atoms with van der Waals surface area (Å²) in [5.41, 5.74) is -0.327. The molecule has 2 aromatic rings. The van der Waals surface area contributed by atoms with Gasteiger partial charge in [0.2, 0.25) is 0 Å². The van der Waals surface area contributed by atoms with Gasteiger partial charge in [-0.2, -0.15) is 8.42 Å². The Labute approximate surface area is 94.0 Å². The first-order valence-electron chi connectivity index (χ1n) is 4.03. The molecule has 0 amide bonds. The summed E-state index contributed by atoms with van der Waals surface area (Å²) in [4.78, 5) is 9.63. The van der Waals surface area contributed by atoms with Gasteiger partial charge in [0.1, 0.15) is 4.90 Å². The van der Waals surface area contributed by atoms with Crippen molar-refractivity contribution in [2.24, 2.45) is 0 Å². The van der Waals surface area contributed by atoms with Crippen LogP contribution >= 0.6 is 11.3 Å². The van der Waals surface area contributed by atoms with Crippen molar-refractivity contribution in [1.29, 1.82) is 0 Å². The number of benzene rings is 1. The molecule has 0 bridgehead atoms. The summed E-state index contributed by atoms with van der Waals surface area (Å²) in [6.07, 6.45) is 0.